The summed E-state index contributed by atoms with van der Waals surface area (Å²) in [4.78, 5) is 4.06. The lowest BCUT2D eigenvalue weighted by molar-refractivity contribution is 0.268. The van der Waals surface area contributed by atoms with E-state index in [-0.39, 0.29) is 12.6 Å². The molecule has 0 aliphatic heterocycles. The van der Waals surface area contributed by atoms with E-state index in [1.807, 2.05) is 19.1 Å². The molecule has 0 bridgehead atoms. The van der Waals surface area contributed by atoms with E-state index in [0.29, 0.717) is 0 Å². The molecular weight excluding hydrogens is 140 g/mol. The molecule has 60 valence electrons. The van der Waals surface area contributed by atoms with Crippen LogP contribution >= 0.6 is 0 Å². The minimum atomic E-state index is -0.303. The third-order valence-electron chi connectivity index (χ3n) is 1.56. The summed E-state index contributed by atoms with van der Waals surface area (Å²) in [6.45, 7) is 1.87. The molecule has 0 saturated carbocycles. The summed E-state index contributed by atoms with van der Waals surface area (Å²) in [6, 6.07) is 3.46. The fourth-order valence-corrected chi connectivity index (χ4v) is 0.804. The van der Waals surface area contributed by atoms with Gasteiger partial charge in [-0.25, -0.2) is 0 Å². The molecule has 0 spiro atoms. The first-order chi connectivity index (χ1) is 5.24. The largest absolute Gasteiger partial charge is 0.394 e. The lowest BCUT2D eigenvalue weighted by Crippen LogP contribution is -2.14. The summed E-state index contributed by atoms with van der Waals surface area (Å²) in [7, 11) is 0. The van der Waals surface area contributed by atoms with Crippen molar-refractivity contribution in [2.24, 2.45) is 5.73 Å². The zero-order chi connectivity index (χ0) is 8.27. The van der Waals surface area contributed by atoms with Gasteiger partial charge in [-0.2, -0.15) is 0 Å². The molecule has 0 unspecified atom stereocenters. The Kier molecular flexibility index (Phi) is 2.57. The number of hydrogen-bond donors (Lipinski definition) is 2. The molecule has 3 heteroatoms. The Labute approximate surface area is 65.9 Å². The molecule has 0 amide bonds. The Morgan fingerprint density at radius 2 is 2.36 bits per heavy atom. The monoisotopic (exact) mass is 152 g/mol. The maximum absolute atomic E-state index is 8.70. The molecule has 3 N–H and O–H groups in total. The van der Waals surface area contributed by atoms with Crippen LogP contribution in [0.2, 0.25) is 0 Å². The van der Waals surface area contributed by atoms with Crippen molar-refractivity contribution >= 4 is 0 Å². The summed E-state index contributed by atoms with van der Waals surface area (Å²) in [5.74, 6) is 0. The van der Waals surface area contributed by atoms with E-state index in [2.05, 4.69) is 4.98 Å². The van der Waals surface area contributed by atoms with Crippen LogP contribution in [0.3, 0.4) is 0 Å². The molecule has 0 fully saturated rings. The average Bonchev–Trinajstić information content (AvgIpc) is 2.05. The van der Waals surface area contributed by atoms with E-state index in [1.165, 1.54) is 0 Å². The van der Waals surface area contributed by atoms with E-state index in [1.54, 1.807) is 6.20 Å². The van der Waals surface area contributed by atoms with Gasteiger partial charge in [0.15, 0.2) is 0 Å². The molecule has 0 radical (unpaired) electrons. The van der Waals surface area contributed by atoms with E-state index in [0.717, 1.165) is 11.3 Å². The van der Waals surface area contributed by atoms with Crippen LogP contribution in [-0.4, -0.2) is 16.7 Å². The Morgan fingerprint density at radius 3 is 2.82 bits per heavy atom. The van der Waals surface area contributed by atoms with Gasteiger partial charge in [0, 0.05) is 11.9 Å². The van der Waals surface area contributed by atoms with Gasteiger partial charge in [-0.3, -0.25) is 4.98 Å². The fraction of sp³-hybridized carbons (Fsp3) is 0.375. The van der Waals surface area contributed by atoms with Crippen LogP contribution in [0, 0.1) is 6.92 Å². The van der Waals surface area contributed by atoms with Gasteiger partial charge in [-0.05, 0) is 18.6 Å². The number of hydrogen-bond acceptors (Lipinski definition) is 3. The third-order valence-corrected chi connectivity index (χ3v) is 1.56. The van der Waals surface area contributed by atoms with Crippen LogP contribution in [0.4, 0.5) is 0 Å². The van der Waals surface area contributed by atoms with Crippen molar-refractivity contribution in [3.05, 3.63) is 29.6 Å². The number of aryl methyl sites for hydroxylation is 1. The lowest BCUT2D eigenvalue weighted by Gasteiger charge is -2.06. The minimum absolute atomic E-state index is 0.0370. The molecule has 3 nitrogen and oxygen atoms in total. The molecule has 11 heavy (non-hydrogen) atoms. The number of aliphatic hydroxyl groups is 1. The number of aromatic nitrogens is 1. The third kappa shape index (κ3) is 2.00. The van der Waals surface area contributed by atoms with Gasteiger partial charge < -0.3 is 10.8 Å². The zero-order valence-electron chi connectivity index (χ0n) is 6.49. The second kappa shape index (κ2) is 3.46. The van der Waals surface area contributed by atoms with Gasteiger partial charge >= 0.3 is 0 Å². The van der Waals surface area contributed by atoms with Crippen molar-refractivity contribution in [1.82, 2.24) is 4.98 Å². The minimum Gasteiger partial charge on any atom is -0.394 e. The summed E-state index contributed by atoms with van der Waals surface area (Å²) in [5, 5.41) is 8.70. The highest BCUT2D eigenvalue weighted by molar-refractivity contribution is 5.16. The summed E-state index contributed by atoms with van der Waals surface area (Å²) in [6.07, 6.45) is 1.69. The average molecular weight is 152 g/mol. The highest BCUT2D eigenvalue weighted by Gasteiger charge is 2.02. The van der Waals surface area contributed by atoms with Crippen LogP contribution in [-0.2, 0) is 0 Å². The molecule has 1 heterocycles. The van der Waals surface area contributed by atoms with Gasteiger partial charge in [0.2, 0.25) is 0 Å². The van der Waals surface area contributed by atoms with Gasteiger partial charge in [-0.15, -0.1) is 0 Å². The maximum atomic E-state index is 8.70. The number of aliphatic hydroxyl groups excluding tert-OH is 1. The van der Waals surface area contributed by atoms with E-state index in [4.69, 9.17) is 10.8 Å². The predicted molar refractivity (Wildman–Crippen MR) is 43.0 cm³/mol. The first-order valence-corrected chi connectivity index (χ1v) is 3.53. The summed E-state index contributed by atoms with van der Waals surface area (Å²) >= 11 is 0. The second-order valence-corrected chi connectivity index (χ2v) is 2.52. The first-order valence-electron chi connectivity index (χ1n) is 3.53. The van der Waals surface area contributed by atoms with Crippen LogP contribution < -0.4 is 5.73 Å². The molecular formula is C8H12N2O. The SMILES string of the molecule is Cc1ccc([C@H](N)CO)cn1. The normalized spacial score (nSPS) is 13.0. The Morgan fingerprint density at radius 1 is 1.64 bits per heavy atom. The van der Waals surface area contributed by atoms with E-state index < -0.39 is 0 Å². The van der Waals surface area contributed by atoms with Gasteiger partial charge in [0.25, 0.3) is 0 Å². The van der Waals surface area contributed by atoms with Crippen LogP contribution in [0.25, 0.3) is 0 Å². The number of nitrogens with zero attached hydrogens (tertiary/aromatic N) is 1. The fourth-order valence-electron chi connectivity index (χ4n) is 0.804. The van der Waals surface area contributed by atoms with E-state index >= 15 is 0 Å². The standard InChI is InChI=1S/C8H12N2O/c1-6-2-3-7(4-10-6)8(9)5-11/h2-4,8,11H,5,9H2,1H3/t8-/m1/s1. The van der Waals surface area contributed by atoms with Crippen molar-refractivity contribution < 1.29 is 5.11 Å². The van der Waals surface area contributed by atoms with Crippen LogP contribution in [0.5, 0.6) is 0 Å². The maximum Gasteiger partial charge on any atom is 0.0624 e. The van der Waals surface area contributed by atoms with Crippen molar-refractivity contribution in [2.45, 2.75) is 13.0 Å². The van der Waals surface area contributed by atoms with Crippen molar-refractivity contribution in [3.63, 3.8) is 0 Å². The van der Waals surface area contributed by atoms with Crippen molar-refractivity contribution in [2.75, 3.05) is 6.61 Å². The molecule has 1 atom stereocenters. The molecule has 0 saturated heterocycles. The topological polar surface area (TPSA) is 59.1 Å². The molecule has 0 aliphatic rings. The van der Waals surface area contributed by atoms with Crippen LogP contribution in [0.15, 0.2) is 18.3 Å². The molecule has 1 aromatic rings. The van der Waals surface area contributed by atoms with Gasteiger partial charge in [0.05, 0.1) is 12.6 Å². The van der Waals surface area contributed by atoms with Crippen molar-refractivity contribution in [1.29, 1.82) is 0 Å². The number of rotatable bonds is 2. The quantitative estimate of drug-likeness (QED) is 0.644. The van der Waals surface area contributed by atoms with Crippen LogP contribution in [0.1, 0.15) is 17.3 Å². The Balaban J connectivity index is 2.81. The van der Waals surface area contributed by atoms with Crippen molar-refractivity contribution in [3.8, 4) is 0 Å². The number of nitrogens with two attached hydrogens (primary N) is 1. The zero-order valence-corrected chi connectivity index (χ0v) is 6.49. The van der Waals surface area contributed by atoms with Gasteiger partial charge in [0.1, 0.15) is 0 Å². The van der Waals surface area contributed by atoms with E-state index in [9.17, 15) is 0 Å². The lowest BCUT2D eigenvalue weighted by atomic mass is 10.1. The van der Waals surface area contributed by atoms with Gasteiger partial charge in [-0.1, -0.05) is 6.07 Å². The smallest absolute Gasteiger partial charge is 0.0624 e. The molecule has 1 aromatic heterocycles. The highest BCUT2D eigenvalue weighted by atomic mass is 16.3. The summed E-state index contributed by atoms with van der Waals surface area (Å²) < 4.78 is 0. The molecule has 0 aliphatic carbocycles. The molecule has 0 aromatic carbocycles. The number of pyridine rings is 1. The highest BCUT2D eigenvalue weighted by Crippen LogP contribution is 2.07. The first kappa shape index (κ1) is 8.17. The molecule has 1 rings (SSSR count). The summed E-state index contributed by atoms with van der Waals surface area (Å²) in [5.41, 5.74) is 7.38. The predicted octanol–water partition coefficient (Wildman–Crippen LogP) is 0.382. The Bertz CT molecular complexity index is 220. The Hall–Kier alpha value is -0.930. The second-order valence-electron chi connectivity index (χ2n) is 2.52.